The van der Waals surface area contributed by atoms with Crippen LogP contribution < -0.4 is 14.8 Å². The maximum absolute atomic E-state index is 12.2. The van der Waals surface area contributed by atoms with Gasteiger partial charge >= 0.3 is 0 Å². The van der Waals surface area contributed by atoms with Crippen LogP contribution in [0.4, 0.5) is 5.69 Å². The third-order valence-electron chi connectivity index (χ3n) is 2.77. The molecule has 2 rings (SSSR count). The highest BCUT2D eigenvalue weighted by molar-refractivity contribution is 9.10. The number of ether oxygens (including phenoxy) is 2. The van der Waals surface area contributed by atoms with E-state index >= 15 is 0 Å². The molecule has 2 aromatic rings. The Kier molecular flexibility index (Phi) is 4.63. The Morgan fingerprint density at radius 1 is 1.00 bits per heavy atom. The van der Waals surface area contributed by atoms with E-state index in [9.17, 15) is 4.79 Å². The van der Waals surface area contributed by atoms with Crippen molar-refractivity contribution >= 4 is 27.5 Å². The molecule has 1 N–H and O–H groups in total. The zero-order valence-electron chi connectivity index (χ0n) is 11.1. The fraction of sp³-hybridized carbons (Fsp3) is 0.133. The first kappa shape index (κ1) is 14.4. The molecule has 0 heterocycles. The van der Waals surface area contributed by atoms with Crippen molar-refractivity contribution in [3.05, 3.63) is 52.5 Å². The van der Waals surface area contributed by atoms with Crippen LogP contribution in [-0.2, 0) is 0 Å². The lowest BCUT2D eigenvalue weighted by molar-refractivity contribution is 0.102. The highest BCUT2D eigenvalue weighted by atomic mass is 79.9. The molecule has 20 heavy (non-hydrogen) atoms. The largest absolute Gasteiger partial charge is 0.497 e. The highest BCUT2D eigenvalue weighted by Gasteiger charge is 2.11. The van der Waals surface area contributed by atoms with Crippen molar-refractivity contribution in [2.24, 2.45) is 0 Å². The Morgan fingerprint density at radius 2 is 1.60 bits per heavy atom. The van der Waals surface area contributed by atoms with E-state index in [0.29, 0.717) is 21.5 Å². The first-order valence-electron chi connectivity index (χ1n) is 5.93. The highest BCUT2D eigenvalue weighted by Crippen LogP contribution is 2.24. The van der Waals surface area contributed by atoms with Crippen LogP contribution in [-0.4, -0.2) is 20.1 Å². The first-order chi connectivity index (χ1) is 9.63. The number of hydrogen-bond donors (Lipinski definition) is 1. The van der Waals surface area contributed by atoms with Crippen molar-refractivity contribution in [2.75, 3.05) is 19.5 Å². The summed E-state index contributed by atoms with van der Waals surface area (Å²) in [4.78, 5) is 12.2. The quantitative estimate of drug-likeness (QED) is 0.926. The number of benzene rings is 2. The van der Waals surface area contributed by atoms with Crippen LogP contribution in [0.25, 0.3) is 0 Å². The Labute approximate surface area is 125 Å². The molecule has 0 aliphatic rings. The van der Waals surface area contributed by atoms with Crippen molar-refractivity contribution in [1.82, 2.24) is 0 Å². The summed E-state index contributed by atoms with van der Waals surface area (Å²) in [5.74, 6) is 1.17. The van der Waals surface area contributed by atoms with Gasteiger partial charge in [0.05, 0.1) is 19.8 Å². The van der Waals surface area contributed by atoms with Crippen LogP contribution in [0.5, 0.6) is 11.5 Å². The zero-order chi connectivity index (χ0) is 14.5. The molecule has 5 heteroatoms. The van der Waals surface area contributed by atoms with Crippen molar-refractivity contribution in [1.29, 1.82) is 0 Å². The maximum atomic E-state index is 12.2. The molecule has 0 bridgehead atoms. The minimum atomic E-state index is -0.207. The van der Waals surface area contributed by atoms with Gasteiger partial charge in [0.2, 0.25) is 0 Å². The second-order valence-corrected chi connectivity index (χ2v) is 4.88. The number of anilines is 1. The molecule has 0 aromatic heterocycles. The lowest BCUT2D eigenvalue weighted by atomic mass is 10.2. The van der Waals surface area contributed by atoms with Gasteiger partial charge in [-0.1, -0.05) is 0 Å². The van der Waals surface area contributed by atoms with Gasteiger partial charge in [-0.15, -0.1) is 0 Å². The summed E-state index contributed by atoms with van der Waals surface area (Å²) in [6.45, 7) is 0. The molecular formula is C15H14BrNO3. The Morgan fingerprint density at radius 3 is 2.20 bits per heavy atom. The van der Waals surface area contributed by atoms with E-state index in [1.807, 2.05) is 0 Å². The molecule has 0 unspecified atom stereocenters. The van der Waals surface area contributed by atoms with Gasteiger partial charge in [0.25, 0.3) is 5.91 Å². The number of carbonyl (C=O) groups is 1. The lowest BCUT2D eigenvalue weighted by Gasteiger charge is -2.09. The molecule has 2 aromatic carbocycles. The summed E-state index contributed by atoms with van der Waals surface area (Å²) in [5.41, 5.74) is 1.21. The SMILES string of the molecule is COc1ccc(NC(=O)c2cc(OC)ccc2Br)cc1. The fourth-order valence-electron chi connectivity index (χ4n) is 1.68. The van der Waals surface area contributed by atoms with E-state index in [4.69, 9.17) is 9.47 Å². The minimum Gasteiger partial charge on any atom is -0.497 e. The summed E-state index contributed by atoms with van der Waals surface area (Å²) < 4.78 is 10.9. The van der Waals surface area contributed by atoms with Crippen molar-refractivity contribution in [2.45, 2.75) is 0 Å². The monoisotopic (exact) mass is 335 g/mol. The Hall–Kier alpha value is -2.01. The molecule has 0 aliphatic heterocycles. The van der Waals surface area contributed by atoms with E-state index in [2.05, 4.69) is 21.2 Å². The average Bonchev–Trinajstić information content (AvgIpc) is 2.48. The number of methoxy groups -OCH3 is 2. The van der Waals surface area contributed by atoms with Crippen LogP contribution >= 0.6 is 15.9 Å². The average molecular weight is 336 g/mol. The Bertz CT molecular complexity index is 611. The van der Waals surface area contributed by atoms with Crippen molar-refractivity contribution < 1.29 is 14.3 Å². The van der Waals surface area contributed by atoms with Gasteiger partial charge in [-0.05, 0) is 58.4 Å². The van der Waals surface area contributed by atoms with Gasteiger partial charge < -0.3 is 14.8 Å². The number of halogens is 1. The normalized spacial score (nSPS) is 9.95. The zero-order valence-corrected chi connectivity index (χ0v) is 12.7. The summed E-state index contributed by atoms with van der Waals surface area (Å²) in [7, 11) is 3.16. The summed E-state index contributed by atoms with van der Waals surface area (Å²) in [6.07, 6.45) is 0. The molecule has 0 spiro atoms. The van der Waals surface area contributed by atoms with Gasteiger partial charge in [-0.25, -0.2) is 0 Å². The van der Waals surface area contributed by atoms with Crippen LogP contribution in [0.3, 0.4) is 0 Å². The van der Waals surface area contributed by atoms with Crippen molar-refractivity contribution in [3.8, 4) is 11.5 Å². The number of rotatable bonds is 4. The molecule has 0 atom stereocenters. The molecule has 4 nitrogen and oxygen atoms in total. The predicted octanol–water partition coefficient (Wildman–Crippen LogP) is 3.72. The number of carbonyl (C=O) groups excluding carboxylic acids is 1. The number of hydrogen-bond acceptors (Lipinski definition) is 3. The summed E-state index contributed by atoms with van der Waals surface area (Å²) >= 11 is 3.36. The third-order valence-corrected chi connectivity index (χ3v) is 3.46. The molecule has 1 amide bonds. The van der Waals surface area contributed by atoms with Gasteiger partial charge in [0, 0.05) is 10.2 Å². The van der Waals surface area contributed by atoms with Crippen molar-refractivity contribution in [3.63, 3.8) is 0 Å². The molecule has 104 valence electrons. The number of nitrogens with one attached hydrogen (secondary N) is 1. The molecule has 0 fully saturated rings. The molecule has 0 aliphatic carbocycles. The minimum absolute atomic E-state index is 0.207. The maximum Gasteiger partial charge on any atom is 0.256 e. The fourth-order valence-corrected chi connectivity index (χ4v) is 2.10. The molecule has 0 radical (unpaired) electrons. The van der Waals surface area contributed by atoms with Crippen LogP contribution in [0.1, 0.15) is 10.4 Å². The standard InChI is InChI=1S/C15H14BrNO3/c1-19-11-5-3-10(4-6-11)17-15(18)13-9-12(20-2)7-8-14(13)16/h3-9H,1-2H3,(H,17,18). The second-order valence-electron chi connectivity index (χ2n) is 4.03. The van der Waals surface area contributed by atoms with E-state index in [1.165, 1.54) is 0 Å². The second kappa shape index (κ2) is 6.43. The van der Waals surface area contributed by atoms with E-state index in [-0.39, 0.29) is 5.91 Å². The predicted molar refractivity (Wildman–Crippen MR) is 81.6 cm³/mol. The lowest BCUT2D eigenvalue weighted by Crippen LogP contribution is -2.12. The number of amides is 1. The van der Waals surface area contributed by atoms with Gasteiger partial charge in [0.1, 0.15) is 11.5 Å². The summed E-state index contributed by atoms with van der Waals surface area (Å²) in [5, 5.41) is 2.82. The molecule has 0 saturated carbocycles. The van der Waals surface area contributed by atoms with E-state index in [0.717, 1.165) is 5.75 Å². The van der Waals surface area contributed by atoms with Gasteiger partial charge in [0.15, 0.2) is 0 Å². The summed E-state index contributed by atoms with van der Waals surface area (Å²) in [6, 6.07) is 12.4. The van der Waals surface area contributed by atoms with E-state index in [1.54, 1.807) is 56.7 Å². The molecule has 0 saturated heterocycles. The van der Waals surface area contributed by atoms with Crippen LogP contribution in [0.2, 0.25) is 0 Å². The van der Waals surface area contributed by atoms with Gasteiger partial charge in [-0.2, -0.15) is 0 Å². The van der Waals surface area contributed by atoms with E-state index < -0.39 is 0 Å². The topological polar surface area (TPSA) is 47.6 Å². The van der Waals surface area contributed by atoms with Crippen LogP contribution in [0, 0.1) is 0 Å². The smallest absolute Gasteiger partial charge is 0.256 e. The molecular weight excluding hydrogens is 322 g/mol. The third kappa shape index (κ3) is 3.30. The van der Waals surface area contributed by atoms with Crippen LogP contribution in [0.15, 0.2) is 46.9 Å². The van der Waals surface area contributed by atoms with Gasteiger partial charge in [-0.3, -0.25) is 4.79 Å². The Balaban J connectivity index is 2.18. The first-order valence-corrected chi connectivity index (χ1v) is 6.72.